The van der Waals surface area contributed by atoms with Gasteiger partial charge in [-0.25, -0.2) is 0 Å². The monoisotopic (exact) mass is 529 g/mol. The lowest BCUT2D eigenvalue weighted by atomic mass is 9.43. The summed E-state index contributed by atoms with van der Waals surface area (Å²) in [5.41, 5.74) is -0.763. The molecule has 3 saturated carbocycles. The Balaban J connectivity index is 1.53. The van der Waals surface area contributed by atoms with Gasteiger partial charge in [0.25, 0.3) is 0 Å². The van der Waals surface area contributed by atoms with E-state index in [1.54, 1.807) is 7.11 Å². The molecular formula is C31H47NO6. The van der Waals surface area contributed by atoms with Gasteiger partial charge >= 0.3 is 5.97 Å². The molecule has 0 aromatic heterocycles. The summed E-state index contributed by atoms with van der Waals surface area (Å²) < 4.78 is 18.8. The number of carboxylic acid groups (broad SMARTS) is 1. The largest absolute Gasteiger partial charge is 0.481 e. The van der Waals surface area contributed by atoms with Crippen LogP contribution in [0.2, 0.25) is 0 Å². The van der Waals surface area contributed by atoms with Crippen LogP contribution < -0.4 is 0 Å². The summed E-state index contributed by atoms with van der Waals surface area (Å²) in [6.07, 6.45) is 5.91. The zero-order valence-electron chi connectivity index (χ0n) is 24.1. The minimum Gasteiger partial charge on any atom is -0.481 e. The first-order valence-corrected chi connectivity index (χ1v) is 14.6. The number of methoxy groups -OCH3 is 1. The van der Waals surface area contributed by atoms with Crippen molar-refractivity contribution in [3.8, 4) is 0 Å². The summed E-state index contributed by atoms with van der Waals surface area (Å²) in [7, 11) is 1.70. The van der Waals surface area contributed by atoms with E-state index in [-0.39, 0.29) is 36.6 Å². The molecule has 5 aliphatic rings. The van der Waals surface area contributed by atoms with Crippen molar-refractivity contribution < 1.29 is 28.9 Å². The SMILES string of the molecule is C=C(C)CN1C[C@H](OCC23C[C@@H]4[C@H](C)CC[C@H]4C4(C=O)CC2C=C(C(C)C)[C@@]34C(=O)O)O[C@H](C)[C@@H](OC)C1. The Kier molecular flexibility index (Phi) is 7.24. The standard InChI is InChI=1S/C31H47NO6/c1-18(2)13-32-14-26(36-7)21(6)38-27(15-32)37-17-30-12-23-20(5)8-9-24(23)29(16-33)11-22(30)10-25(19(3)4)31(29,30)28(34)35/h10,16,19-24,26-27H,1,8-9,11-15,17H2,2-7H3,(H,34,35)/t20-,21-,22?,23-,24-,26+,27-,29?,30?,31+/m1/s1. The zero-order chi connectivity index (χ0) is 27.6. The van der Waals surface area contributed by atoms with Gasteiger partial charge in [0, 0.05) is 32.2 Å². The summed E-state index contributed by atoms with van der Waals surface area (Å²) in [6, 6.07) is 0. The molecular weight excluding hydrogens is 482 g/mol. The fourth-order valence-corrected chi connectivity index (χ4v) is 9.80. The highest BCUT2D eigenvalue weighted by molar-refractivity contribution is 5.90. The van der Waals surface area contributed by atoms with Crippen LogP contribution in [0.25, 0.3) is 0 Å². The number of hydrogen-bond donors (Lipinski definition) is 1. The molecule has 0 aromatic carbocycles. The van der Waals surface area contributed by atoms with Crippen molar-refractivity contribution >= 4 is 12.3 Å². The molecule has 0 radical (unpaired) electrons. The van der Waals surface area contributed by atoms with Crippen LogP contribution in [-0.4, -0.2) is 74.1 Å². The van der Waals surface area contributed by atoms with Gasteiger partial charge in [0.2, 0.25) is 0 Å². The van der Waals surface area contributed by atoms with Crippen molar-refractivity contribution in [3.05, 3.63) is 23.8 Å². The second-order valence-corrected chi connectivity index (χ2v) is 13.5. The molecule has 5 rings (SSSR count). The predicted octanol–water partition coefficient (Wildman–Crippen LogP) is 4.57. The minimum atomic E-state index is -1.23. The minimum absolute atomic E-state index is 0.0143. The number of hydrogen-bond acceptors (Lipinski definition) is 6. The second kappa shape index (κ2) is 9.83. The van der Waals surface area contributed by atoms with Gasteiger partial charge in [0.05, 0.1) is 24.2 Å². The van der Waals surface area contributed by atoms with E-state index in [9.17, 15) is 14.7 Å². The summed E-state index contributed by atoms with van der Waals surface area (Å²) in [4.78, 5) is 29.1. The molecule has 7 nitrogen and oxygen atoms in total. The van der Waals surface area contributed by atoms with Crippen molar-refractivity contribution in [3.63, 3.8) is 0 Å². The van der Waals surface area contributed by atoms with E-state index in [1.807, 2.05) is 13.8 Å². The van der Waals surface area contributed by atoms with E-state index >= 15 is 0 Å². The number of rotatable bonds is 9. The van der Waals surface area contributed by atoms with E-state index in [2.05, 4.69) is 38.3 Å². The molecule has 4 fully saturated rings. The molecule has 1 N–H and O–H groups in total. The Morgan fingerprint density at radius 3 is 2.63 bits per heavy atom. The Morgan fingerprint density at radius 1 is 1.29 bits per heavy atom. The molecule has 4 aliphatic carbocycles. The maximum Gasteiger partial charge on any atom is 0.315 e. The van der Waals surface area contributed by atoms with E-state index in [1.165, 1.54) is 0 Å². The van der Waals surface area contributed by atoms with Crippen LogP contribution in [0.15, 0.2) is 23.8 Å². The number of ether oxygens (including phenoxy) is 3. The maximum atomic E-state index is 13.6. The van der Waals surface area contributed by atoms with Crippen LogP contribution in [0.4, 0.5) is 0 Å². The van der Waals surface area contributed by atoms with Crippen molar-refractivity contribution in [1.82, 2.24) is 4.90 Å². The first kappa shape index (κ1) is 28.0. The number of allylic oxidation sites excluding steroid dienone is 1. The lowest BCUT2D eigenvalue weighted by Gasteiger charge is -2.58. The zero-order valence-corrected chi connectivity index (χ0v) is 24.1. The average Bonchev–Trinajstić information content (AvgIpc) is 3.37. The van der Waals surface area contributed by atoms with Crippen molar-refractivity contribution in [2.24, 2.45) is 45.8 Å². The summed E-state index contributed by atoms with van der Waals surface area (Å²) in [5.74, 6) is 0.160. The molecule has 7 heteroatoms. The van der Waals surface area contributed by atoms with Gasteiger partial charge in [-0.05, 0) is 62.7 Å². The van der Waals surface area contributed by atoms with Crippen molar-refractivity contribution in [1.29, 1.82) is 0 Å². The third-order valence-electron chi connectivity index (χ3n) is 11.2. The normalized spacial score (nSPS) is 46.1. The lowest BCUT2D eigenvalue weighted by molar-refractivity contribution is -0.219. The molecule has 212 valence electrons. The van der Waals surface area contributed by atoms with Crippen molar-refractivity contribution in [2.45, 2.75) is 78.8 Å². The van der Waals surface area contributed by atoms with E-state index in [0.29, 0.717) is 31.3 Å². The first-order valence-electron chi connectivity index (χ1n) is 14.6. The quantitative estimate of drug-likeness (QED) is 0.346. The van der Waals surface area contributed by atoms with Crippen LogP contribution >= 0.6 is 0 Å². The molecule has 1 aliphatic heterocycles. The molecule has 10 atom stereocenters. The van der Waals surface area contributed by atoms with Gasteiger partial charge in [0.15, 0.2) is 6.29 Å². The number of aliphatic carboxylic acids is 1. The number of carboxylic acids is 1. The van der Waals surface area contributed by atoms with E-state index in [4.69, 9.17) is 14.2 Å². The van der Waals surface area contributed by atoms with Crippen LogP contribution in [0.1, 0.15) is 60.3 Å². The van der Waals surface area contributed by atoms with Gasteiger partial charge < -0.3 is 24.1 Å². The maximum absolute atomic E-state index is 13.6. The van der Waals surface area contributed by atoms with Crippen LogP contribution in [0.3, 0.4) is 0 Å². The molecule has 0 spiro atoms. The highest BCUT2D eigenvalue weighted by atomic mass is 16.7. The van der Waals surface area contributed by atoms with Gasteiger partial charge in [-0.15, -0.1) is 0 Å². The molecule has 3 unspecified atom stereocenters. The van der Waals surface area contributed by atoms with E-state index < -0.39 is 28.5 Å². The topological polar surface area (TPSA) is 85.3 Å². The molecule has 4 bridgehead atoms. The van der Waals surface area contributed by atoms with Crippen molar-refractivity contribution in [2.75, 3.05) is 33.4 Å². The van der Waals surface area contributed by atoms with Gasteiger partial charge in [-0.3, -0.25) is 9.69 Å². The van der Waals surface area contributed by atoms with Gasteiger partial charge in [0.1, 0.15) is 11.7 Å². The van der Waals surface area contributed by atoms with E-state index in [0.717, 1.165) is 43.2 Å². The van der Waals surface area contributed by atoms with Crippen LogP contribution in [0.5, 0.6) is 0 Å². The third kappa shape index (κ3) is 3.68. The number of carbonyl (C=O) groups is 2. The van der Waals surface area contributed by atoms with Gasteiger partial charge in [-0.1, -0.05) is 51.0 Å². The number of aldehydes is 1. The fraction of sp³-hybridized carbons (Fsp3) is 0.806. The van der Waals surface area contributed by atoms with Crippen LogP contribution in [0, 0.1) is 45.8 Å². The summed E-state index contributed by atoms with van der Waals surface area (Å²) in [6.45, 7) is 16.8. The number of nitrogens with zero attached hydrogens (tertiary/aromatic N) is 1. The second-order valence-electron chi connectivity index (χ2n) is 13.5. The Labute approximate surface area is 227 Å². The molecule has 1 saturated heterocycles. The number of carbonyl (C=O) groups excluding carboxylic acids is 1. The Morgan fingerprint density at radius 2 is 2.03 bits per heavy atom. The smallest absolute Gasteiger partial charge is 0.315 e. The Hall–Kier alpha value is -1.54. The lowest BCUT2D eigenvalue weighted by Crippen LogP contribution is -2.63. The molecule has 1 heterocycles. The fourth-order valence-electron chi connectivity index (χ4n) is 9.80. The Bertz CT molecular complexity index is 1010. The molecule has 0 amide bonds. The van der Waals surface area contributed by atoms with Crippen LogP contribution in [-0.2, 0) is 23.8 Å². The van der Waals surface area contributed by atoms with Gasteiger partial charge in [-0.2, -0.15) is 0 Å². The summed E-state index contributed by atoms with van der Waals surface area (Å²) >= 11 is 0. The first-order chi connectivity index (χ1) is 18.0. The third-order valence-corrected chi connectivity index (χ3v) is 11.2. The number of fused-ring (bicyclic) bond motifs is 2. The molecule has 0 aromatic rings. The highest BCUT2D eigenvalue weighted by Crippen LogP contribution is 2.82. The molecule has 38 heavy (non-hydrogen) atoms. The predicted molar refractivity (Wildman–Crippen MR) is 144 cm³/mol. The average molecular weight is 530 g/mol. The highest BCUT2D eigenvalue weighted by Gasteiger charge is 2.84. The summed E-state index contributed by atoms with van der Waals surface area (Å²) in [5, 5.41) is 11.2.